The van der Waals surface area contributed by atoms with E-state index in [4.69, 9.17) is 4.74 Å². The number of carbonyl (C=O) groups is 2. The number of aromatic nitrogens is 2. The summed E-state index contributed by atoms with van der Waals surface area (Å²) < 4.78 is 8.35. The van der Waals surface area contributed by atoms with Crippen LogP contribution in [0, 0.1) is 0 Å². The summed E-state index contributed by atoms with van der Waals surface area (Å²) in [6.45, 7) is 2.80. The number of ketones is 1. The first-order valence-corrected chi connectivity index (χ1v) is 11.6. The summed E-state index contributed by atoms with van der Waals surface area (Å²) in [6.07, 6.45) is 4.21. The van der Waals surface area contributed by atoms with Crippen LogP contribution in [0.4, 0.5) is 4.79 Å². The van der Waals surface area contributed by atoms with Crippen molar-refractivity contribution < 1.29 is 14.3 Å². The fraction of sp³-hybridized carbons (Fsp3) is 0.320. The normalized spacial score (nSPS) is 17.0. The molecule has 1 saturated heterocycles. The van der Waals surface area contributed by atoms with Gasteiger partial charge in [0.2, 0.25) is 0 Å². The first kappa shape index (κ1) is 20.9. The molecule has 2 aliphatic rings. The van der Waals surface area contributed by atoms with Crippen LogP contribution in [0.25, 0.3) is 11.1 Å². The van der Waals surface area contributed by atoms with E-state index in [0.29, 0.717) is 32.5 Å². The number of carbonyl (C=O) groups excluding carboxylic acids is 2. The second-order valence-electron chi connectivity index (χ2n) is 8.48. The molecular weight excluding hydrogens is 470 g/mol. The lowest BCUT2D eigenvalue weighted by molar-refractivity contribution is -0.128. The monoisotopic (exact) mass is 493 g/mol. The number of hydrogen-bond acceptors (Lipinski definition) is 4. The van der Waals surface area contributed by atoms with Crippen molar-refractivity contribution >= 4 is 27.8 Å². The van der Waals surface area contributed by atoms with Gasteiger partial charge in [0, 0.05) is 25.2 Å². The van der Waals surface area contributed by atoms with E-state index >= 15 is 0 Å². The molecule has 0 N–H and O–H groups in total. The Balaban J connectivity index is 1.27. The number of hydrogen-bond donors (Lipinski definition) is 0. The highest BCUT2D eigenvalue weighted by Gasteiger charge is 2.43. The first-order chi connectivity index (χ1) is 15.5. The fourth-order valence-corrected chi connectivity index (χ4v) is 5.31. The fourth-order valence-electron chi connectivity index (χ4n) is 5.02. The van der Waals surface area contributed by atoms with Crippen molar-refractivity contribution in [2.45, 2.75) is 31.2 Å². The van der Waals surface area contributed by atoms with E-state index in [1.54, 1.807) is 22.7 Å². The van der Waals surface area contributed by atoms with E-state index in [9.17, 15) is 9.59 Å². The third-order valence-electron chi connectivity index (χ3n) is 6.83. The minimum atomic E-state index is -0.716. The number of halogens is 1. The highest BCUT2D eigenvalue weighted by molar-refractivity contribution is 9.10. The van der Waals surface area contributed by atoms with Crippen molar-refractivity contribution in [1.82, 2.24) is 14.7 Å². The quantitative estimate of drug-likeness (QED) is 0.514. The van der Waals surface area contributed by atoms with Crippen LogP contribution in [0.15, 0.2) is 65.4 Å². The van der Waals surface area contributed by atoms with Crippen molar-refractivity contribution in [3.05, 3.63) is 76.5 Å². The molecule has 164 valence electrons. The number of rotatable bonds is 4. The molecule has 1 fully saturated rings. The van der Waals surface area contributed by atoms with Gasteiger partial charge in [0.25, 0.3) is 0 Å². The van der Waals surface area contributed by atoms with Crippen LogP contribution in [-0.4, -0.2) is 46.3 Å². The van der Waals surface area contributed by atoms with Crippen LogP contribution in [0.2, 0.25) is 0 Å². The van der Waals surface area contributed by atoms with E-state index in [2.05, 4.69) is 45.3 Å². The Hall–Kier alpha value is -2.93. The molecule has 0 unspecified atom stereocenters. The summed E-state index contributed by atoms with van der Waals surface area (Å²) in [5.74, 6) is 0.0918. The van der Waals surface area contributed by atoms with Crippen LogP contribution in [0.5, 0.6) is 0 Å². The molecule has 6 nitrogen and oxygen atoms in total. The SMILES string of the molecule is CC(=O)C1(n2cc(Br)cn2)CCN(C(=O)OCC2c3ccccc3-c3ccccc32)CC1. The predicted octanol–water partition coefficient (Wildman–Crippen LogP) is 4.97. The van der Waals surface area contributed by atoms with Crippen molar-refractivity contribution in [1.29, 1.82) is 0 Å². The van der Waals surface area contributed by atoms with Crippen LogP contribution in [0.3, 0.4) is 0 Å². The lowest BCUT2D eigenvalue weighted by Gasteiger charge is -2.39. The molecule has 5 rings (SSSR count). The van der Waals surface area contributed by atoms with Crippen LogP contribution < -0.4 is 0 Å². The highest BCUT2D eigenvalue weighted by Crippen LogP contribution is 2.44. The zero-order valence-electron chi connectivity index (χ0n) is 17.8. The number of ether oxygens (including phenoxy) is 1. The molecule has 1 amide bonds. The standard InChI is InChI=1S/C25H24BrN3O3/c1-17(30)25(29-15-18(26)14-27-29)10-12-28(13-11-25)24(31)32-16-23-21-8-4-2-6-19(21)20-7-3-5-9-22(20)23/h2-9,14-15,23H,10-13,16H2,1H3. The van der Waals surface area contributed by atoms with Gasteiger partial charge in [0.1, 0.15) is 12.1 Å². The molecule has 0 spiro atoms. The van der Waals surface area contributed by atoms with Gasteiger partial charge >= 0.3 is 6.09 Å². The molecule has 32 heavy (non-hydrogen) atoms. The van der Waals surface area contributed by atoms with Gasteiger partial charge in [-0.15, -0.1) is 0 Å². The number of piperidine rings is 1. The number of amides is 1. The van der Waals surface area contributed by atoms with Crippen molar-refractivity contribution in [2.75, 3.05) is 19.7 Å². The summed E-state index contributed by atoms with van der Waals surface area (Å²) in [7, 11) is 0. The van der Waals surface area contributed by atoms with Gasteiger partial charge in [-0.25, -0.2) is 4.79 Å². The van der Waals surface area contributed by atoms with Crippen LogP contribution >= 0.6 is 15.9 Å². The smallest absolute Gasteiger partial charge is 0.409 e. The molecule has 0 bridgehead atoms. The van der Waals surface area contributed by atoms with Crippen LogP contribution in [-0.2, 0) is 15.1 Å². The topological polar surface area (TPSA) is 64.4 Å². The van der Waals surface area contributed by atoms with E-state index in [1.807, 2.05) is 30.5 Å². The molecule has 7 heteroatoms. The van der Waals surface area contributed by atoms with Gasteiger partial charge in [-0.1, -0.05) is 48.5 Å². The minimum absolute atomic E-state index is 0.0360. The van der Waals surface area contributed by atoms with Crippen molar-refractivity contribution in [2.24, 2.45) is 0 Å². The molecule has 1 aliphatic carbocycles. The van der Waals surface area contributed by atoms with Gasteiger partial charge in [0.05, 0.1) is 10.7 Å². The molecular formula is C25H24BrN3O3. The van der Waals surface area contributed by atoms with Gasteiger partial charge in [-0.3, -0.25) is 9.48 Å². The summed E-state index contributed by atoms with van der Waals surface area (Å²) in [5.41, 5.74) is 4.09. The highest BCUT2D eigenvalue weighted by atomic mass is 79.9. The molecule has 1 aromatic heterocycles. The molecule has 0 saturated carbocycles. The van der Waals surface area contributed by atoms with Gasteiger partial charge in [-0.2, -0.15) is 5.10 Å². The Bertz CT molecular complexity index is 1130. The molecule has 1 aliphatic heterocycles. The maximum absolute atomic E-state index is 12.9. The number of likely N-dealkylation sites (tertiary alicyclic amines) is 1. The summed E-state index contributed by atoms with van der Waals surface area (Å²) in [4.78, 5) is 27.1. The number of nitrogens with zero attached hydrogens (tertiary/aromatic N) is 3. The zero-order valence-corrected chi connectivity index (χ0v) is 19.4. The Labute approximate surface area is 195 Å². The van der Waals surface area contributed by atoms with E-state index in [-0.39, 0.29) is 17.8 Å². The number of Topliss-reactive ketones (excluding diaryl/α,β-unsaturated/α-hetero) is 1. The molecule has 2 heterocycles. The van der Waals surface area contributed by atoms with Gasteiger partial charge < -0.3 is 9.64 Å². The molecule has 0 atom stereocenters. The average molecular weight is 494 g/mol. The Morgan fingerprint density at radius 1 is 1.06 bits per heavy atom. The van der Waals surface area contributed by atoms with Crippen molar-refractivity contribution in [3.63, 3.8) is 0 Å². The van der Waals surface area contributed by atoms with E-state index in [1.165, 1.54) is 22.3 Å². The maximum atomic E-state index is 12.9. The third kappa shape index (κ3) is 3.45. The van der Waals surface area contributed by atoms with E-state index in [0.717, 1.165) is 4.47 Å². The lowest BCUT2D eigenvalue weighted by Crippen LogP contribution is -2.52. The maximum Gasteiger partial charge on any atom is 0.409 e. The van der Waals surface area contributed by atoms with Gasteiger partial charge in [-0.05, 0) is 57.9 Å². The Morgan fingerprint density at radius 3 is 2.19 bits per heavy atom. The Kier molecular flexibility index (Phi) is 5.37. The van der Waals surface area contributed by atoms with Gasteiger partial charge in [0.15, 0.2) is 5.78 Å². The summed E-state index contributed by atoms with van der Waals surface area (Å²) in [5, 5.41) is 4.35. The Morgan fingerprint density at radius 2 is 1.66 bits per heavy atom. The first-order valence-electron chi connectivity index (χ1n) is 10.8. The zero-order chi connectivity index (χ0) is 22.3. The summed E-state index contributed by atoms with van der Waals surface area (Å²) >= 11 is 3.40. The minimum Gasteiger partial charge on any atom is -0.448 e. The molecule has 2 aromatic carbocycles. The number of benzene rings is 2. The van der Waals surface area contributed by atoms with Crippen LogP contribution in [0.1, 0.15) is 36.8 Å². The predicted molar refractivity (Wildman–Crippen MR) is 124 cm³/mol. The molecule has 0 radical (unpaired) electrons. The van der Waals surface area contributed by atoms with Crippen molar-refractivity contribution in [3.8, 4) is 11.1 Å². The third-order valence-corrected chi connectivity index (χ3v) is 7.24. The average Bonchev–Trinajstić information content (AvgIpc) is 3.39. The van der Waals surface area contributed by atoms with E-state index < -0.39 is 5.54 Å². The largest absolute Gasteiger partial charge is 0.448 e. The lowest BCUT2D eigenvalue weighted by atomic mass is 9.84. The second kappa shape index (κ2) is 8.20. The molecule has 3 aromatic rings. The second-order valence-corrected chi connectivity index (χ2v) is 9.40. The summed E-state index contributed by atoms with van der Waals surface area (Å²) in [6, 6.07) is 16.6. The number of fused-ring (bicyclic) bond motifs is 3.